The van der Waals surface area contributed by atoms with E-state index in [9.17, 15) is 4.79 Å². The Bertz CT molecular complexity index is 284. The van der Waals surface area contributed by atoms with Gasteiger partial charge in [-0.25, -0.2) is 4.79 Å². The number of carbonyl (C=O) groups is 1. The molecular formula is C12H22N2O2. The summed E-state index contributed by atoms with van der Waals surface area (Å²) in [5.41, 5.74) is 5.30. The van der Waals surface area contributed by atoms with Gasteiger partial charge in [-0.3, -0.25) is 0 Å². The van der Waals surface area contributed by atoms with Crippen molar-refractivity contribution in [3.05, 3.63) is 0 Å². The topological polar surface area (TPSA) is 64.3 Å². The van der Waals surface area contributed by atoms with Crippen LogP contribution in [0.4, 0.5) is 4.79 Å². The van der Waals surface area contributed by atoms with Gasteiger partial charge < -0.3 is 15.8 Å². The number of nitrogens with two attached hydrogens (primary N) is 1. The molecule has 0 aliphatic carbocycles. The molecule has 0 heterocycles. The second-order valence-electron chi connectivity index (χ2n) is 4.78. The molecule has 0 saturated carbocycles. The summed E-state index contributed by atoms with van der Waals surface area (Å²) in [5.74, 6) is 5.71. The average Bonchev–Trinajstić information content (AvgIpc) is 2.11. The number of ether oxygens (including phenoxy) is 1. The quantitative estimate of drug-likeness (QED) is 0.717. The lowest BCUT2D eigenvalue weighted by Gasteiger charge is -2.21. The van der Waals surface area contributed by atoms with Gasteiger partial charge in [-0.1, -0.05) is 12.8 Å². The minimum absolute atomic E-state index is 0.0972. The van der Waals surface area contributed by atoms with Crippen molar-refractivity contribution in [1.29, 1.82) is 0 Å². The van der Waals surface area contributed by atoms with Crippen LogP contribution in [0.15, 0.2) is 0 Å². The van der Waals surface area contributed by atoms with E-state index in [4.69, 9.17) is 10.5 Å². The molecule has 92 valence electrons. The Balaban J connectivity index is 3.95. The highest BCUT2D eigenvalue weighted by Gasteiger charge is 2.17. The molecule has 4 nitrogen and oxygen atoms in total. The molecule has 0 rings (SSSR count). The summed E-state index contributed by atoms with van der Waals surface area (Å²) < 4.78 is 5.10. The zero-order valence-corrected chi connectivity index (χ0v) is 10.8. The molecule has 0 aromatic rings. The Hall–Kier alpha value is -1.21. The minimum atomic E-state index is -0.474. The number of amides is 1. The first-order valence-corrected chi connectivity index (χ1v) is 5.41. The summed E-state index contributed by atoms with van der Waals surface area (Å²) in [6.45, 7) is 9.62. The summed E-state index contributed by atoms with van der Waals surface area (Å²) in [7, 11) is 0. The first kappa shape index (κ1) is 14.8. The van der Waals surface area contributed by atoms with Crippen molar-refractivity contribution in [2.45, 2.75) is 46.3 Å². The first-order chi connectivity index (χ1) is 7.26. The molecule has 0 aliphatic rings. The second-order valence-corrected chi connectivity index (χ2v) is 4.78. The Kier molecular flexibility index (Phi) is 5.91. The van der Waals surface area contributed by atoms with Crippen LogP contribution in [0.25, 0.3) is 0 Å². The normalized spacial score (nSPS) is 14.4. The molecule has 0 bridgehead atoms. The lowest BCUT2D eigenvalue weighted by atomic mass is 10.0. The second kappa shape index (κ2) is 6.39. The predicted molar refractivity (Wildman–Crippen MR) is 64.8 cm³/mol. The fourth-order valence-corrected chi connectivity index (χ4v) is 0.994. The molecule has 0 aliphatic heterocycles. The number of hydrogen-bond acceptors (Lipinski definition) is 3. The van der Waals surface area contributed by atoms with Gasteiger partial charge in [-0.15, -0.1) is 5.92 Å². The predicted octanol–water partition coefficient (Wildman–Crippen LogP) is 1.50. The van der Waals surface area contributed by atoms with Crippen LogP contribution in [-0.2, 0) is 4.74 Å². The van der Waals surface area contributed by atoms with Crippen LogP contribution in [0.3, 0.4) is 0 Å². The smallest absolute Gasteiger partial charge is 0.407 e. The average molecular weight is 226 g/mol. The van der Waals surface area contributed by atoms with E-state index in [2.05, 4.69) is 17.2 Å². The molecular weight excluding hydrogens is 204 g/mol. The van der Waals surface area contributed by atoms with Gasteiger partial charge in [-0.2, -0.15) is 0 Å². The maximum atomic E-state index is 11.3. The fraction of sp³-hybridized carbons (Fsp3) is 0.750. The third kappa shape index (κ3) is 7.13. The summed E-state index contributed by atoms with van der Waals surface area (Å²) in [5, 5.41) is 2.67. The third-order valence-electron chi connectivity index (χ3n) is 1.89. The van der Waals surface area contributed by atoms with Gasteiger partial charge in [0.2, 0.25) is 0 Å². The van der Waals surface area contributed by atoms with Crippen LogP contribution in [0, 0.1) is 17.8 Å². The lowest BCUT2D eigenvalue weighted by molar-refractivity contribution is 0.0520. The molecule has 4 heteroatoms. The largest absolute Gasteiger partial charge is 0.444 e. The van der Waals surface area contributed by atoms with Crippen molar-refractivity contribution in [2.75, 3.05) is 6.54 Å². The molecule has 0 aromatic carbocycles. The SMILES string of the molecule is CC#CC(N)[C@H](C)CNC(=O)OC(C)(C)C. The first-order valence-electron chi connectivity index (χ1n) is 5.41. The highest BCUT2D eigenvalue weighted by atomic mass is 16.6. The molecule has 0 radical (unpaired) electrons. The Morgan fingerprint density at radius 1 is 1.50 bits per heavy atom. The molecule has 1 unspecified atom stereocenters. The molecule has 0 spiro atoms. The van der Waals surface area contributed by atoms with Crippen LogP contribution in [0.1, 0.15) is 34.6 Å². The van der Waals surface area contributed by atoms with Gasteiger partial charge in [0.05, 0.1) is 6.04 Å². The van der Waals surface area contributed by atoms with Crippen LogP contribution >= 0.6 is 0 Å². The van der Waals surface area contributed by atoms with E-state index < -0.39 is 11.7 Å². The lowest BCUT2D eigenvalue weighted by Crippen LogP contribution is -2.39. The molecule has 0 saturated heterocycles. The van der Waals surface area contributed by atoms with Crippen molar-refractivity contribution in [3.8, 4) is 11.8 Å². The molecule has 1 amide bonds. The van der Waals surface area contributed by atoms with Crippen LogP contribution in [0.2, 0.25) is 0 Å². The van der Waals surface area contributed by atoms with Gasteiger partial charge >= 0.3 is 6.09 Å². The minimum Gasteiger partial charge on any atom is -0.444 e. The summed E-state index contributed by atoms with van der Waals surface area (Å²) in [4.78, 5) is 11.3. The number of carbonyl (C=O) groups excluding carboxylic acids is 1. The highest BCUT2D eigenvalue weighted by molar-refractivity contribution is 5.67. The number of nitrogens with one attached hydrogen (secondary N) is 1. The Morgan fingerprint density at radius 2 is 2.06 bits per heavy atom. The van der Waals surface area contributed by atoms with Crippen LogP contribution in [-0.4, -0.2) is 24.3 Å². The Morgan fingerprint density at radius 3 is 2.50 bits per heavy atom. The van der Waals surface area contributed by atoms with Crippen molar-refractivity contribution >= 4 is 6.09 Å². The van der Waals surface area contributed by atoms with Crippen LogP contribution in [0.5, 0.6) is 0 Å². The Labute approximate surface area is 97.9 Å². The van der Waals surface area contributed by atoms with Crippen molar-refractivity contribution < 1.29 is 9.53 Å². The number of rotatable bonds is 3. The van der Waals surface area contributed by atoms with Gasteiger partial charge in [0.1, 0.15) is 5.60 Å². The van der Waals surface area contributed by atoms with Gasteiger partial charge in [0.25, 0.3) is 0 Å². The van der Waals surface area contributed by atoms with E-state index in [1.807, 2.05) is 27.7 Å². The van der Waals surface area contributed by atoms with Gasteiger partial charge in [0.15, 0.2) is 0 Å². The van der Waals surface area contributed by atoms with Crippen molar-refractivity contribution in [1.82, 2.24) is 5.32 Å². The third-order valence-corrected chi connectivity index (χ3v) is 1.89. The molecule has 2 atom stereocenters. The number of alkyl carbamates (subject to hydrolysis) is 1. The maximum absolute atomic E-state index is 11.3. The van der Waals surface area contributed by atoms with E-state index in [1.54, 1.807) is 6.92 Å². The van der Waals surface area contributed by atoms with E-state index in [0.29, 0.717) is 6.54 Å². The summed E-state index contributed by atoms with van der Waals surface area (Å²) in [6, 6.07) is -0.222. The monoisotopic (exact) mass is 226 g/mol. The van der Waals surface area contributed by atoms with E-state index in [0.717, 1.165) is 0 Å². The zero-order chi connectivity index (χ0) is 12.8. The highest BCUT2D eigenvalue weighted by Crippen LogP contribution is 2.06. The van der Waals surface area contributed by atoms with Gasteiger partial charge in [0, 0.05) is 6.54 Å². The standard InChI is InChI=1S/C12H22N2O2/c1-6-7-10(13)9(2)8-14-11(15)16-12(3,4)5/h9-10H,8,13H2,1-5H3,(H,14,15)/t9-,10?/m1/s1. The number of hydrogen-bond donors (Lipinski definition) is 2. The molecule has 0 fully saturated rings. The summed E-state index contributed by atoms with van der Waals surface area (Å²) in [6.07, 6.45) is -0.420. The fourth-order valence-electron chi connectivity index (χ4n) is 0.994. The van der Waals surface area contributed by atoms with E-state index in [1.165, 1.54) is 0 Å². The van der Waals surface area contributed by atoms with Crippen molar-refractivity contribution in [3.63, 3.8) is 0 Å². The molecule has 16 heavy (non-hydrogen) atoms. The van der Waals surface area contributed by atoms with E-state index in [-0.39, 0.29) is 12.0 Å². The van der Waals surface area contributed by atoms with Crippen LogP contribution < -0.4 is 11.1 Å². The van der Waals surface area contributed by atoms with Crippen molar-refractivity contribution in [2.24, 2.45) is 11.7 Å². The maximum Gasteiger partial charge on any atom is 0.407 e. The zero-order valence-electron chi connectivity index (χ0n) is 10.8. The summed E-state index contributed by atoms with van der Waals surface area (Å²) >= 11 is 0. The molecule has 0 aromatic heterocycles. The molecule has 3 N–H and O–H groups in total. The van der Waals surface area contributed by atoms with Gasteiger partial charge in [-0.05, 0) is 33.6 Å². The van der Waals surface area contributed by atoms with E-state index >= 15 is 0 Å².